The zero-order valence-corrected chi connectivity index (χ0v) is 12.1. The lowest BCUT2D eigenvalue weighted by Crippen LogP contribution is -2.07. The number of fused-ring (bicyclic) bond motifs is 4. The van der Waals surface area contributed by atoms with E-state index in [1.54, 1.807) is 25.1 Å². The van der Waals surface area contributed by atoms with E-state index >= 15 is 0 Å². The van der Waals surface area contributed by atoms with Gasteiger partial charge < -0.3 is 4.74 Å². The SMILES string of the molecule is CCOC(=O)Cc1ccc2c(c1)-c1nc3nonc3nc1C2=O. The maximum Gasteiger partial charge on any atom is 0.310 e. The summed E-state index contributed by atoms with van der Waals surface area (Å²) in [5, 5.41) is 7.24. The molecule has 8 heteroatoms. The highest BCUT2D eigenvalue weighted by molar-refractivity contribution is 6.20. The molecule has 0 unspecified atom stereocenters. The molecule has 23 heavy (non-hydrogen) atoms. The van der Waals surface area contributed by atoms with Gasteiger partial charge in [-0.05, 0) is 34.9 Å². The van der Waals surface area contributed by atoms with Gasteiger partial charge in [-0.1, -0.05) is 6.07 Å². The Morgan fingerprint density at radius 3 is 2.61 bits per heavy atom. The molecule has 0 radical (unpaired) electrons. The minimum Gasteiger partial charge on any atom is -0.466 e. The second-order valence-corrected chi connectivity index (χ2v) is 5.02. The van der Waals surface area contributed by atoms with Crippen molar-refractivity contribution in [3.05, 3.63) is 35.0 Å². The molecule has 2 aromatic heterocycles. The van der Waals surface area contributed by atoms with Crippen molar-refractivity contribution >= 4 is 23.0 Å². The Morgan fingerprint density at radius 2 is 1.87 bits per heavy atom. The molecule has 0 spiro atoms. The van der Waals surface area contributed by atoms with Crippen molar-refractivity contribution in [2.24, 2.45) is 0 Å². The molecule has 0 atom stereocenters. The number of carbonyl (C=O) groups is 2. The fourth-order valence-electron chi connectivity index (χ4n) is 2.59. The van der Waals surface area contributed by atoms with Crippen LogP contribution in [0.3, 0.4) is 0 Å². The van der Waals surface area contributed by atoms with E-state index in [9.17, 15) is 9.59 Å². The first-order valence-electron chi connectivity index (χ1n) is 7.01. The third-order valence-electron chi connectivity index (χ3n) is 3.57. The largest absolute Gasteiger partial charge is 0.466 e. The summed E-state index contributed by atoms with van der Waals surface area (Å²) in [6.45, 7) is 2.08. The minimum absolute atomic E-state index is 0.131. The molecule has 4 rings (SSSR count). The van der Waals surface area contributed by atoms with Crippen molar-refractivity contribution in [3.8, 4) is 11.3 Å². The number of ketones is 1. The van der Waals surface area contributed by atoms with E-state index in [1.807, 2.05) is 0 Å². The second-order valence-electron chi connectivity index (χ2n) is 5.02. The van der Waals surface area contributed by atoms with Gasteiger partial charge in [0, 0.05) is 11.1 Å². The van der Waals surface area contributed by atoms with Crippen LogP contribution in [0.5, 0.6) is 0 Å². The topological polar surface area (TPSA) is 108 Å². The third kappa shape index (κ3) is 2.07. The van der Waals surface area contributed by atoms with Crippen LogP contribution in [0.2, 0.25) is 0 Å². The van der Waals surface area contributed by atoms with Crippen LogP contribution in [0.15, 0.2) is 22.8 Å². The first-order valence-corrected chi connectivity index (χ1v) is 7.01. The quantitative estimate of drug-likeness (QED) is 0.521. The molecule has 0 aliphatic heterocycles. The van der Waals surface area contributed by atoms with Gasteiger partial charge in [0.15, 0.2) is 0 Å². The van der Waals surface area contributed by atoms with Crippen molar-refractivity contribution in [2.45, 2.75) is 13.3 Å². The van der Waals surface area contributed by atoms with Crippen LogP contribution < -0.4 is 0 Å². The molecule has 1 aliphatic rings. The Labute approximate surface area is 129 Å². The molecule has 1 aliphatic carbocycles. The Bertz CT molecular complexity index is 963. The Balaban J connectivity index is 1.81. The van der Waals surface area contributed by atoms with Crippen LogP contribution in [0.4, 0.5) is 0 Å². The highest BCUT2D eigenvalue weighted by Crippen LogP contribution is 2.35. The lowest BCUT2D eigenvalue weighted by Gasteiger charge is -2.04. The standard InChI is InChI=1S/C15H10N4O4/c1-2-22-10(20)6-7-3-4-8-9(5-7)11-12(13(8)21)17-15-14(16-11)18-23-19-15/h3-5H,2,6H2,1H3. The minimum atomic E-state index is -0.320. The van der Waals surface area contributed by atoms with Crippen LogP contribution in [-0.2, 0) is 16.0 Å². The predicted octanol–water partition coefficient (Wildman–Crippen LogP) is 1.33. The Hall–Kier alpha value is -3.16. The van der Waals surface area contributed by atoms with Gasteiger partial charge in [-0.2, -0.15) is 0 Å². The maximum absolute atomic E-state index is 12.4. The monoisotopic (exact) mass is 310 g/mol. The molecule has 0 fully saturated rings. The van der Waals surface area contributed by atoms with Crippen LogP contribution in [0.1, 0.15) is 28.5 Å². The molecule has 2 heterocycles. The average molecular weight is 310 g/mol. The third-order valence-corrected chi connectivity index (χ3v) is 3.57. The summed E-state index contributed by atoms with van der Waals surface area (Å²) in [6, 6.07) is 5.15. The van der Waals surface area contributed by atoms with Gasteiger partial charge in [0.2, 0.25) is 17.1 Å². The number of hydrogen-bond donors (Lipinski definition) is 0. The molecule has 0 saturated heterocycles. The van der Waals surface area contributed by atoms with Crippen LogP contribution in [-0.4, -0.2) is 38.6 Å². The van der Waals surface area contributed by atoms with Gasteiger partial charge in [0.05, 0.1) is 13.0 Å². The van der Waals surface area contributed by atoms with E-state index in [0.29, 0.717) is 23.4 Å². The zero-order valence-electron chi connectivity index (χ0n) is 12.1. The highest BCUT2D eigenvalue weighted by Gasteiger charge is 2.31. The van der Waals surface area contributed by atoms with E-state index in [2.05, 4.69) is 24.9 Å². The first kappa shape index (κ1) is 13.5. The molecule has 0 saturated carbocycles. The smallest absolute Gasteiger partial charge is 0.310 e. The summed E-state index contributed by atoms with van der Waals surface area (Å²) in [4.78, 5) is 32.5. The molecule has 0 amide bonds. The first-order chi connectivity index (χ1) is 11.2. The van der Waals surface area contributed by atoms with E-state index in [0.717, 1.165) is 5.56 Å². The highest BCUT2D eigenvalue weighted by atomic mass is 16.6. The van der Waals surface area contributed by atoms with Gasteiger partial charge in [0.1, 0.15) is 11.4 Å². The van der Waals surface area contributed by atoms with Gasteiger partial charge in [-0.25, -0.2) is 14.6 Å². The second kappa shape index (κ2) is 4.94. The fraction of sp³-hybridized carbons (Fsp3) is 0.200. The van der Waals surface area contributed by atoms with Gasteiger partial charge in [-0.3, -0.25) is 9.59 Å². The van der Waals surface area contributed by atoms with Crippen molar-refractivity contribution < 1.29 is 19.0 Å². The number of rotatable bonds is 3. The van der Waals surface area contributed by atoms with Gasteiger partial charge >= 0.3 is 5.97 Å². The fourth-order valence-corrected chi connectivity index (χ4v) is 2.59. The lowest BCUT2D eigenvalue weighted by atomic mass is 10.0. The summed E-state index contributed by atoms with van der Waals surface area (Å²) >= 11 is 0. The van der Waals surface area contributed by atoms with E-state index in [-0.39, 0.29) is 35.2 Å². The molecule has 3 aromatic rings. The average Bonchev–Trinajstić information content (AvgIpc) is 3.09. The van der Waals surface area contributed by atoms with E-state index in [4.69, 9.17) is 4.74 Å². The molecule has 8 nitrogen and oxygen atoms in total. The van der Waals surface area contributed by atoms with Crippen LogP contribution in [0, 0.1) is 0 Å². The van der Waals surface area contributed by atoms with E-state index in [1.165, 1.54) is 0 Å². The number of benzene rings is 1. The van der Waals surface area contributed by atoms with Crippen LogP contribution in [0.25, 0.3) is 22.6 Å². The van der Waals surface area contributed by atoms with Gasteiger partial charge in [-0.15, -0.1) is 0 Å². The molecular weight excluding hydrogens is 300 g/mol. The molecule has 114 valence electrons. The van der Waals surface area contributed by atoms with Crippen molar-refractivity contribution in [1.82, 2.24) is 20.3 Å². The Morgan fingerprint density at radius 1 is 1.13 bits per heavy atom. The maximum atomic E-state index is 12.4. The summed E-state index contributed by atoms with van der Waals surface area (Å²) in [7, 11) is 0. The number of esters is 1. The Kier molecular flexibility index (Phi) is 2.90. The van der Waals surface area contributed by atoms with Crippen molar-refractivity contribution in [2.75, 3.05) is 6.61 Å². The zero-order chi connectivity index (χ0) is 16.0. The summed E-state index contributed by atoms with van der Waals surface area (Å²) in [6.07, 6.45) is 0.131. The van der Waals surface area contributed by atoms with Crippen molar-refractivity contribution in [3.63, 3.8) is 0 Å². The number of aromatic nitrogens is 4. The number of nitrogens with zero attached hydrogens (tertiary/aromatic N) is 4. The molecule has 0 bridgehead atoms. The summed E-state index contributed by atoms with van der Waals surface area (Å²) in [5.41, 5.74) is 2.94. The number of ether oxygens (including phenoxy) is 1. The van der Waals surface area contributed by atoms with Crippen LogP contribution >= 0.6 is 0 Å². The number of carbonyl (C=O) groups excluding carboxylic acids is 2. The summed E-state index contributed by atoms with van der Waals surface area (Å²) < 4.78 is 9.51. The number of hydrogen-bond acceptors (Lipinski definition) is 8. The molecule has 0 N–H and O–H groups in total. The summed E-state index contributed by atoms with van der Waals surface area (Å²) in [5.74, 6) is -0.547. The molecular formula is C15H10N4O4. The molecule has 1 aromatic carbocycles. The van der Waals surface area contributed by atoms with E-state index < -0.39 is 0 Å². The van der Waals surface area contributed by atoms with Gasteiger partial charge in [0.25, 0.3) is 0 Å². The predicted molar refractivity (Wildman–Crippen MR) is 76.6 cm³/mol. The normalized spacial score (nSPS) is 12.3. The lowest BCUT2D eigenvalue weighted by molar-refractivity contribution is -0.142. The van der Waals surface area contributed by atoms with Crippen molar-refractivity contribution in [1.29, 1.82) is 0 Å².